The molecule has 0 aliphatic carbocycles. The molecule has 0 bridgehead atoms. The molecule has 0 spiro atoms. The van der Waals surface area contributed by atoms with Crippen LogP contribution in [-0.4, -0.2) is 41.4 Å². The quantitative estimate of drug-likeness (QED) is 0.668. The molecule has 1 saturated heterocycles. The Morgan fingerprint density at radius 2 is 1.87 bits per heavy atom. The summed E-state index contributed by atoms with van der Waals surface area (Å²) in [6.45, 7) is 0.142. The number of hydrogen-bond acceptors (Lipinski definition) is 4. The van der Waals surface area contributed by atoms with Crippen LogP contribution in [-0.2, 0) is 17.1 Å². The van der Waals surface area contributed by atoms with Crippen molar-refractivity contribution < 1.29 is 21.6 Å². The van der Waals surface area contributed by atoms with Gasteiger partial charge in [0.15, 0.2) is 16.7 Å². The summed E-state index contributed by atoms with van der Waals surface area (Å²) in [5.41, 5.74) is 0.909. The van der Waals surface area contributed by atoms with Gasteiger partial charge in [0.1, 0.15) is 5.82 Å². The number of benzene rings is 2. The van der Waals surface area contributed by atoms with E-state index >= 15 is 0 Å². The summed E-state index contributed by atoms with van der Waals surface area (Å²) < 4.78 is 69.6. The van der Waals surface area contributed by atoms with E-state index < -0.39 is 39.4 Å². The van der Waals surface area contributed by atoms with Gasteiger partial charge in [-0.2, -0.15) is 4.31 Å². The molecular formula is C20H19F3N4O2S. The molecule has 1 aliphatic heterocycles. The van der Waals surface area contributed by atoms with Crippen molar-refractivity contribution in [1.82, 2.24) is 13.9 Å². The van der Waals surface area contributed by atoms with E-state index in [9.17, 15) is 21.6 Å². The Bertz CT molecular complexity index is 1180. The summed E-state index contributed by atoms with van der Waals surface area (Å²) in [7, 11) is -2.21. The number of anilines is 1. The van der Waals surface area contributed by atoms with Crippen LogP contribution in [0.5, 0.6) is 0 Å². The van der Waals surface area contributed by atoms with Crippen LogP contribution in [0.3, 0.4) is 0 Å². The maximum atomic E-state index is 13.8. The van der Waals surface area contributed by atoms with Gasteiger partial charge in [-0.1, -0.05) is 12.1 Å². The van der Waals surface area contributed by atoms with Crippen molar-refractivity contribution in [1.29, 1.82) is 0 Å². The minimum Gasteiger partial charge on any atom is -0.380 e. The second-order valence-corrected chi connectivity index (χ2v) is 9.13. The first kappa shape index (κ1) is 20.4. The van der Waals surface area contributed by atoms with Crippen molar-refractivity contribution in [2.75, 3.05) is 18.4 Å². The molecular weight excluding hydrogens is 417 g/mol. The Morgan fingerprint density at radius 1 is 1.07 bits per heavy atom. The van der Waals surface area contributed by atoms with Crippen LogP contribution in [0.4, 0.5) is 18.9 Å². The minimum absolute atomic E-state index is 0.0546. The van der Waals surface area contributed by atoms with Crippen LogP contribution in [0, 0.1) is 17.5 Å². The molecule has 1 N–H and O–H groups in total. The fourth-order valence-corrected chi connectivity index (χ4v) is 5.10. The Morgan fingerprint density at radius 3 is 2.53 bits per heavy atom. The highest BCUT2D eigenvalue weighted by molar-refractivity contribution is 7.89. The predicted octanol–water partition coefficient (Wildman–Crippen LogP) is 3.11. The molecule has 1 aliphatic rings. The molecule has 0 radical (unpaired) electrons. The van der Waals surface area contributed by atoms with Gasteiger partial charge in [0.05, 0.1) is 6.33 Å². The zero-order valence-electron chi connectivity index (χ0n) is 16.0. The lowest BCUT2D eigenvalue weighted by Gasteiger charge is -2.21. The average Bonchev–Trinajstić information content (AvgIpc) is 3.32. The molecule has 3 aromatic rings. The van der Waals surface area contributed by atoms with Gasteiger partial charge < -0.3 is 9.88 Å². The lowest BCUT2D eigenvalue weighted by atomic mass is 9.94. The van der Waals surface area contributed by atoms with Crippen LogP contribution < -0.4 is 5.32 Å². The maximum Gasteiger partial charge on any atom is 0.262 e. The molecule has 158 valence electrons. The summed E-state index contributed by atoms with van der Waals surface area (Å²) in [6, 6.07) is 8.80. The highest BCUT2D eigenvalue weighted by atomic mass is 32.2. The first-order chi connectivity index (χ1) is 14.2. The number of imidazole rings is 1. The van der Waals surface area contributed by atoms with E-state index in [1.807, 2.05) is 0 Å². The largest absolute Gasteiger partial charge is 0.380 e. The van der Waals surface area contributed by atoms with Gasteiger partial charge in [0, 0.05) is 50.0 Å². The molecule has 2 unspecified atom stereocenters. The number of nitrogens with zero attached hydrogens (tertiary/aromatic N) is 3. The van der Waals surface area contributed by atoms with Gasteiger partial charge >= 0.3 is 0 Å². The predicted molar refractivity (Wildman–Crippen MR) is 105 cm³/mol. The van der Waals surface area contributed by atoms with Gasteiger partial charge in [0.25, 0.3) is 10.0 Å². The van der Waals surface area contributed by atoms with Gasteiger partial charge in [-0.3, -0.25) is 0 Å². The molecule has 10 heteroatoms. The summed E-state index contributed by atoms with van der Waals surface area (Å²) >= 11 is 0. The van der Waals surface area contributed by atoms with Crippen LogP contribution in [0.25, 0.3) is 0 Å². The molecule has 1 fully saturated rings. The number of hydrogen-bond donors (Lipinski definition) is 1. The van der Waals surface area contributed by atoms with E-state index in [1.165, 1.54) is 39.6 Å². The molecule has 2 aromatic carbocycles. The Kier molecular flexibility index (Phi) is 5.29. The van der Waals surface area contributed by atoms with E-state index in [1.54, 1.807) is 19.2 Å². The number of aromatic nitrogens is 2. The number of aryl methyl sites for hydroxylation is 1. The van der Waals surface area contributed by atoms with Gasteiger partial charge in [-0.15, -0.1) is 0 Å². The third kappa shape index (κ3) is 3.92. The third-order valence-corrected chi connectivity index (χ3v) is 6.84. The second-order valence-electron chi connectivity index (χ2n) is 7.24. The molecule has 6 nitrogen and oxygen atoms in total. The number of rotatable bonds is 5. The van der Waals surface area contributed by atoms with Crippen molar-refractivity contribution in [2.45, 2.75) is 17.0 Å². The van der Waals surface area contributed by atoms with Gasteiger partial charge in [-0.25, -0.2) is 26.6 Å². The SMILES string of the molecule is Cn1cnc(S(=O)(=O)N2CC(Nc3ccc(F)c(F)c3)C(c3cccc(F)c3)C2)c1. The molecule has 1 aromatic heterocycles. The third-order valence-electron chi connectivity index (χ3n) is 5.12. The number of nitrogens with one attached hydrogen (secondary N) is 1. The smallest absolute Gasteiger partial charge is 0.262 e. The Labute approximate surface area is 172 Å². The van der Waals surface area contributed by atoms with E-state index in [2.05, 4.69) is 10.3 Å². The molecule has 30 heavy (non-hydrogen) atoms. The highest BCUT2D eigenvalue weighted by Crippen LogP contribution is 2.33. The first-order valence-electron chi connectivity index (χ1n) is 9.19. The average molecular weight is 436 g/mol. The normalized spacial score (nSPS) is 19.9. The minimum atomic E-state index is -3.88. The second kappa shape index (κ2) is 7.77. The maximum absolute atomic E-state index is 13.8. The molecule has 4 rings (SSSR count). The van der Waals surface area contributed by atoms with Crippen molar-refractivity contribution in [3.05, 3.63) is 78.0 Å². The van der Waals surface area contributed by atoms with Crippen molar-refractivity contribution in [2.24, 2.45) is 7.05 Å². The van der Waals surface area contributed by atoms with E-state index in [0.717, 1.165) is 12.1 Å². The van der Waals surface area contributed by atoms with Crippen LogP contribution >= 0.6 is 0 Å². The van der Waals surface area contributed by atoms with Gasteiger partial charge in [0.2, 0.25) is 0 Å². The highest BCUT2D eigenvalue weighted by Gasteiger charge is 2.41. The fraction of sp³-hybridized carbons (Fsp3) is 0.250. The van der Waals surface area contributed by atoms with E-state index in [0.29, 0.717) is 11.3 Å². The monoisotopic (exact) mass is 436 g/mol. The summed E-state index contributed by atoms with van der Waals surface area (Å²) in [4.78, 5) is 3.94. The summed E-state index contributed by atoms with van der Waals surface area (Å²) in [6.07, 6.45) is 2.80. The summed E-state index contributed by atoms with van der Waals surface area (Å²) in [5.74, 6) is -2.84. The number of halogens is 3. The molecule has 0 saturated carbocycles. The van der Waals surface area contributed by atoms with E-state index in [4.69, 9.17) is 0 Å². The van der Waals surface area contributed by atoms with Crippen molar-refractivity contribution in [3.8, 4) is 0 Å². The zero-order chi connectivity index (χ0) is 21.5. The Balaban J connectivity index is 1.67. The van der Waals surface area contributed by atoms with Crippen LogP contribution in [0.1, 0.15) is 11.5 Å². The zero-order valence-corrected chi connectivity index (χ0v) is 16.8. The molecule has 2 atom stereocenters. The van der Waals surface area contributed by atoms with Crippen LogP contribution in [0.2, 0.25) is 0 Å². The van der Waals surface area contributed by atoms with Crippen molar-refractivity contribution >= 4 is 15.7 Å². The number of sulfonamides is 1. The fourth-order valence-electron chi connectivity index (χ4n) is 3.64. The van der Waals surface area contributed by atoms with E-state index in [-0.39, 0.29) is 18.1 Å². The molecule has 2 heterocycles. The van der Waals surface area contributed by atoms with Crippen molar-refractivity contribution in [3.63, 3.8) is 0 Å². The standard InChI is InChI=1S/C20H19F3N4O2S/c1-26-11-20(24-12-26)30(28,29)27-9-16(13-3-2-4-14(21)7-13)19(10-27)25-15-5-6-17(22)18(23)8-15/h2-8,11-12,16,19,25H,9-10H2,1H3. The molecule has 0 amide bonds. The van der Waals surface area contributed by atoms with Crippen LogP contribution in [0.15, 0.2) is 60.0 Å². The lowest BCUT2D eigenvalue weighted by Crippen LogP contribution is -2.32. The summed E-state index contributed by atoms with van der Waals surface area (Å²) in [5, 5.41) is 2.99. The first-order valence-corrected chi connectivity index (χ1v) is 10.6. The lowest BCUT2D eigenvalue weighted by molar-refractivity contribution is 0.468. The topological polar surface area (TPSA) is 67.2 Å². The van der Waals surface area contributed by atoms with Gasteiger partial charge in [-0.05, 0) is 29.8 Å². The Hall–Kier alpha value is -2.85.